The van der Waals surface area contributed by atoms with E-state index in [4.69, 9.17) is 9.84 Å². The molecule has 7 nitrogen and oxygen atoms in total. The van der Waals surface area contributed by atoms with Crippen LogP contribution in [-0.4, -0.2) is 58.3 Å². The molecule has 2 aromatic rings. The Morgan fingerprint density at radius 3 is 2.58 bits per heavy atom. The number of aliphatic hydroxyl groups excluding tert-OH is 2. The van der Waals surface area contributed by atoms with Gasteiger partial charge in [-0.05, 0) is 29.8 Å². The first-order valence-electron chi connectivity index (χ1n) is 11.0. The second kappa shape index (κ2) is 9.72. The molecule has 4 atom stereocenters. The number of hydrogen-bond acceptors (Lipinski definition) is 5. The summed E-state index contributed by atoms with van der Waals surface area (Å²) in [5.74, 6) is -0.909. The number of nitrogens with one attached hydrogen (secondary N) is 1. The second-order valence-electron chi connectivity index (χ2n) is 8.18. The predicted molar refractivity (Wildman–Crippen MR) is 119 cm³/mol. The van der Waals surface area contributed by atoms with Gasteiger partial charge >= 0.3 is 0 Å². The van der Waals surface area contributed by atoms with Crippen molar-refractivity contribution >= 4 is 11.8 Å². The maximum Gasteiger partial charge on any atom is 0.247 e. The van der Waals surface area contributed by atoms with Crippen molar-refractivity contribution in [2.45, 2.75) is 44.1 Å². The first-order valence-corrected chi connectivity index (χ1v) is 11.0. The summed E-state index contributed by atoms with van der Waals surface area (Å²) in [6.07, 6.45) is -0.0269. The number of benzene rings is 2. The van der Waals surface area contributed by atoms with Crippen molar-refractivity contribution in [1.82, 2.24) is 10.2 Å². The van der Waals surface area contributed by atoms with E-state index in [2.05, 4.69) is 5.32 Å². The normalized spacial score (nSPS) is 23.1. The van der Waals surface area contributed by atoms with Gasteiger partial charge in [0.15, 0.2) is 0 Å². The molecule has 2 aromatic carbocycles. The molecule has 1 heterocycles. The molecule has 1 aliphatic carbocycles. The smallest absolute Gasteiger partial charge is 0.247 e. The number of nitrogens with zero attached hydrogens (tertiary/aromatic N) is 1. The molecule has 0 unspecified atom stereocenters. The number of fused-ring (bicyclic) bond motifs is 3. The molecule has 0 saturated heterocycles. The van der Waals surface area contributed by atoms with Gasteiger partial charge in [-0.25, -0.2) is 4.39 Å². The Labute approximate surface area is 191 Å². The van der Waals surface area contributed by atoms with E-state index in [9.17, 15) is 19.1 Å². The highest BCUT2D eigenvalue weighted by Gasteiger charge is 2.50. The van der Waals surface area contributed by atoms with Gasteiger partial charge < -0.3 is 25.2 Å². The molecule has 8 heteroatoms. The van der Waals surface area contributed by atoms with Crippen molar-refractivity contribution in [3.05, 3.63) is 77.1 Å². The fourth-order valence-electron chi connectivity index (χ4n) is 4.54. The molecule has 2 amide bonds. The number of para-hydroxylation sites is 1. The van der Waals surface area contributed by atoms with Crippen LogP contribution in [0, 0.1) is 5.82 Å². The second-order valence-corrected chi connectivity index (χ2v) is 8.18. The van der Waals surface area contributed by atoms with Gasteiger partial charge in [0.1, 0.15) is 23.8 Å². The maximum atomic E-state index is 13.4. The van der Waals surface area contributed by atoms with Gasteiger partial charge in [0, 0.05) is 30.6 Å². The lowest BCUT2D eigenvalue weighted by Crippen LogP contribution is -2.55. The van der Waals surface area contributed by atoms with Crippen LogP contribution in [0.3, 0.4) is 0 Å². The van der Waals surface area contributed by atoms with Crippen molar-refractivity contribution in [2.24, 2.45) is 0 Å². The number of rotatable bonds is 7. The number of carbonyl (C=O) groups excluding carboxylic acids is 2. The van der Waals surface area contributed by atoms with Crippen LogP contribution in [-0.2, 0) is 16.1 Å². The minimum atomic E-state index is -1.09. The Kier molecular flexibility index (Phi) is 6.76. The number of halogens is 1. The summed E-state index contributed by atoms with van der Waals surface area (Å²) in [6.45, 7) is 1.73. The highest BCUT2D eigenvalue weighted by atomic mass is 19.1. The molecular formula is C25H27FN2O5. The zero-order chi connectivity index (χ0) is 23.5. The summed E-state index contributed by atoms with van der Waals surface area (Å²) >= 11 is 0. The van der Waals surface area contributed by atoms with Crippen molar-refractivity contribution in [1.29, 1.82) is 0 Å². The molecule has 1 aliphatic heterocycles. The van der Waals surface area contributed by atoms with E-state index < -0.39 is 24.2 Å². The van der Waals surface area contributed by atoms with Crippen LogP contribution in [0.25, 0.3) is 0 Å². The fourth-order valence-corrected chi connectivity index (χ4v) is 4.54. The third-order valence-corrected chi connectivity index (χ3v) is 6.13. The average molecular weight is 454 g/mol. The zero-order valence-corrected chi connectivity index (χ0v) is 18.3. The summed E-state index contributed by atoms with van der Waals surface area (Å²) < 4.78 is 19.4. The molecule has 0 saturated carbocycles. The van der Waals surface area contributed by atoms with Gasteiger partial charge in [0.25, 0.3) is 0 Å². The van der Waals surface area contributed by atoms with E-state index >= 15 is 0 Å². The summed E-state index contributed by atoms with van der Waals surface area (Å²) in [4.78, 5) is 27.5. The molecule has 33 heavy (non-hydrogen) atoms. The maximum absolute atomic E-state index is 13.4. The quantitative estimate of drug-likeness (QED) is 0.594. The fraction of sp³-hybridized carbons (Fsp3) is 0.360. The first kappa shape index (κ1) is 22.9. The monoisotopic (exact) mass is 454 g/mol. The minimum Gasteiger partial charge on any atom is -0.486 e. The predicted octanol–water partition coefficient (Wildman–Crippen LogP) is 1.89. The third kappa shape index (κ3) is 4.49. The van der Waals surface area contributed by atoms with Gasteiger partial charge in [-0.1, -0.05) is 37.3 Å². The molecule has 0 fully saturated rings. The first-order chi connectivity index (χ1) is 15.9. The Hall–Kier alpha value is -3.23. The highest BCUT2D eigenvalue weighted by Crippen LogP contribution is 2.47. The topological polar surface area (TPSA) is 99.1 Å². The van der Waals surface area contributed by atoms with Crippen LogP contribution in [0.1, 0.15) is 30.4 Å². The van der Waals surface area contributed by atoms with Crippen LogP contribution >= 0.6 is 0 Å². The van der Waals surface area contributed by atoms with E-state index in [1.54, 1.807) is 31.2 Å². The molecule has 3 N–H and O–H groups in total. The molecule has 2 aliphatic rings. The lowest BCUT2D eigenvalue weighted by molar-refractivity contribution is -0.137. The SMILES string of the molecule is CCC(=O)N(Cc1ccc(F)cc1)[C@@H]1C=C(C(=O)NCCO)[C@@H]2c3ccccc3O[C@@H]2[C@H]1O. The zero-order valence-electron chi connectivity index (χ0n) is 18.3. The van der Waals surface area contributed by atoms with Crippen LogP contribution in [0.5, 0.6) is 5.75 Å². The number of ether oxygens (including phenoxy) is 1. The number of amides is 2. The van der Waals surface area contributed by atoms with Crippen LogP contribution in [0.2, 0.25) is 0 Å². The standard InChI is InChI=1S/C25H27FN2O5/c1-2-21(30)28(14-15-7-9-16(26)10-8-15)19-13-18(25(32)27-11-12-29)22-17-5-3-4-6-20(17)33-24(22)23(19)31/h3-10,13,19,22-24,29,31H,2,11-12,14H2,1H3,(H,27,32)/t19-,22+,23+,24+/m1/s1. The average Bonchev–Trinajstić information content (AvgIpc) is 3.22. The molecule has 4 rings (SSSR count). The van der Waals surface area contributed by atoms with Gasteiger partial charge in [0.2, 0.25) is 11.8 Å². The van der Waals surface area contributed by atoms with Crippen molar-refractivity contribution in [3.8, 4) is 5.75 Å². The van der Waals surface area contributed by atoms with Crippen molar-refractivity contribution < 1.29 is 28.9 Å². The van der Waals surface area contributed by atoms with E-state index in [0.717, 1.165) is 5.56 Å². The van der Waals surface area contributed by atoms with E-state index in [-0.39, 0.29) is 43.7 Å². The number of carbonyl (C=O) groups is 2. The highest BCUT2D eigenvalue weighted by molar-refractivity contribution is 5.96. The molecular weight excluding hydrogens is 427 g/mol. The number of hydrogen-bond donors (Lipinski definition) is 3. The van der Waals surface area contributed by atoms with Gasteiger partial charge in [-0.2, -0.15) is 0 Å². The Balaban J connectivity index is 1.74. The Bertz CT molecular complexity index is 1060. The lowest BCUT2D eigenvalue weighted by atomic mass is 9.77. The van der Waals surface area contributed by atoms with Gasteiger partial charge in [-0.3, -0.25) is 9.59 Å². The van der Waals surface area contributed by atoms with Crippen molar-refractivity contribution in [2.75, 3.05) is 13.2 Å². The molecule has 0 bridgehead atoms. The molecule has 174 valence electrons. The number of aliphatic hydroxyl groups is 2. The van der Waals surface area contributed by atoms with Crippen LogP contribution in [0.15, 0.2) is 60.2 Å². The van der Waals surface area contributed by atoms with Crippen LogP contribution < -0.4 is 10.1 Å². The third-order valence-electron chi connectivity index (χ3n) is 6.13. The van der Waals surface area contributed by atoms with E-state index in [1.807, 2.05) is 18.2 Å². The minimum absolute atomic E-state index is 0.0798. The lowest BCUT2D eigenvalue weighted by Gasteiger charge is -2.40. The van der Waals surface area contributed by atoms with E-state index in [1.165, 1.54) is 17.0 Å². The van der Waals surface area contributed by atoms with E-state index in [0.29, 0.717) is 16.9 Å². The van der Waals surface area contributed by atoms with Gasteiger partial charge in [-0.15, -0.1) is 0 Å². The van der Waals surface area contributed by atoms with Gasteiger partial charge in [0.05, 0.1) is 18.6 Å². The Morgan fingerprint density at radius 1 is 1.15 bits per heavy atom. The largest absolute Gasteiger partial charge is 0.486 e. The summed E-state index contributed by atoms with van der Waals surface area (Å²) in [7, 11) is 0. The molecule has 0 radical (unpaired) electrons. The Morgan fingerprint density at radius 2 is 1.88 bits per heavy atom. The molecule has 0 spiro atoms. The summed E-state index contributed by atoms with van der Waals surface area (Å²) in [5, 5.41) is 23.2. The van der Waals surface area contributed by atoms with Crippen LogP contribution in [0.4, 0.5) is 4.39 Å². The summed E-state index contributed by atoms with van der Waals surface area (Å²) in [5.41, 5.74) is 1.86. The van der Waals surface area contributed by atoms with Crippen molar-refractivity contribution in [3.63, 3.8) is 0 Å². The molecule has 0 aromatic heterocycles. The summed E-state index contributed by atoms with van der Waals surface area (Å²) in [6, 6.07) is 12.3.